The molecule has 1 aliphatic rings. The largest absolute Gasteiger partial charge is 0.465 e. The van der Waals surface area contributed by atoms with Crippen molar-refractivity contribution in [2.75, 3.05) is 6.61 Å². The fourth-order valence-corrected chi connectivity index (χ4v) is 2.03. The number of esters is 1. The summed E-state index contributed by atoms with van der Waals surface area (Å²) in [7, 11) is 0. The van der Waals surface area contributed by atoms with E-state index >= 15 is 0 Å². The molecule has 1 atom stereocenters. The van der Waals surface area contributed by atoms with Gasteiger partial charge in [0.1, 0.15) is 0 Å². The normalized spacial score (nSPS) is 16.9. The molecule has 0 aromatic rings. The first-order chi connectivity index (χ1) is 8.49. The van der Waals surface area contributed by atoms with Gasteiger partial charge in [0.15, 0.2) is 0 Å². The van der Waals surface area contributed by atoms with Gasteiger partial charge in [0.05, 0.1) is 12.0 Å². The average Bonchev–Trinajstić information content (AvgIpc) is 2.93. The van der Waals surface area contributed by atoms with E-state index in [0.717, 1.165) is 12.8 Å². The van der Waals surface area contributed by atoms with Gasteiger partial charge in [-0.15, -0.1) is 0 Å². The highest BCUT2D eigenvalue weighted by Gasteiger charge is 2.35. The molecular formula is C16H33FO2. The first kappa shape index (κ1) is 20.7. The van der Waals surface area contributed by atoms with E-state index in [-0.39, 0.29) is 16.1 Å². The third kappa shape index (κ3) is 7.54. The molecule has 0 amide bonds. The van der Waals surface area contributed by atoms with Crippen molar-refractivity contribution in [3.63, 3.8) is 0 Å². The molecule has 1 fully saturated rings. The van der Waals surface area contributed by atoms with E-state index in [4.69, 9.17) is 4.74 Å². The summed E-state index contributed by atoms with van der Waals surface area (Å²) >= 11 is 0. The van der Waals surface area contributed by atoms with E-state index in [1.165, 1.54) is 32.1 Å². The monoisotopic (exact) mass is 276 g/mol. The molecule has 3 heteroatoms. The van der Waals surface area contributed by atoms with Crippen LogP contribution < -0.4 is 0 Å². The van der Waals surface area contributed by atoms with Crippen molar-refractivity contribution in [3.05, 3.63) is 0 Å². The summed E-state index contributed by atoms with van der Waals surface area (Å²) < 4.78 is 5.17. The van der Waals surface area contributed by atoms with Crippen molar-refractivity contribution in [2.45, 2.75) is 79.6 Å². The molecule has 1 aliphatic carbocycles. The SMILES string of the molecule is C1CCCC1.CCCOC(=O)C(C)(CC)C(C)C.F. The molecule has 1 rings (SSSR count). The Labute approximate surface area is 118 Å². The number of hydrogen-bond acceptors (Lipinski definition) is 2. The van der Waals surface area contributed by atoms with Crippen molar-refractivity contribution in [2.24, 2.45) is 11.3 Å². The Morgan fingerprint density at radius 1 is 1.11 bits per heavy atom. The number of carbonyl (C=O) groups is 1. The van der Waals surface area contributed by atoms with Crippen LogP contribution in [-0.2, 0) is 9.53 Å². The molecule has 0 aromatic heterocycles. The molecule has 0 N–H and O–H groups in total. The van der Waals surface area contributed by atoms with Gasteiger partial charge in [-0.2, -0.15) is 0 Å². The first-order valence-electron chi connectivity index (χ1n) is 7.66. The summed E-state index contributed by atoms with van der Waals surface area (Å²) in [5.74, 6) is 0.286. The summed E-state index contributed by atoms with van der Waals surface area (Å²) in [5.41, 5.74) is -0.310. The van der Waals surface area contributed by atoms with Crippen LogP contribution in [0, 0.1) is 11.3 Å². The number of carbonyl (C=O) groups excluding carboxylic acids is 1. The van der Waals surface area contributed by atoms with Crippen LogP contribution in [0.3, 0.4) is 0 Å². The van der Waals surface area contributed by atoms with Gasteiger partial charge in [0.2, 0.25) is 0 Å². The maximum atomic E-state index is 11.7. The van der Waals surface area contributed by atoms with Crippen LogP contribution in [0.5, 0.6) is 0 Å². The first-order valence-corrected chi connectivity index (χ1v) is 7.66. The Kier molecular flexibility index (Phi) is 12.3. The van der Waals surface area contributed by atoms with Crippen molar-refractivity contribution < 1.29 is 14.2 Å². The summed E-state index contributed by atoms with van der Waals surface area (Å²) in [5, 5.41) is 0. The molecule has 0 spiro atoms. The number of halogens is 1. The maximum Gasteiger partial charge on any atom is 0.312 e. The smallest absolute Gasteiger partial charge is 0.312 e. The number of ether oxygens (including phenoxy) is 1. The minimum Gasteiger partial charge on any atom is -0.465 e. The zero-order valence-electron chi connectivity index (χ0n) is 13.5. The van der Waals surface area contributed by atoms with Crippen LogP contribution in [0.25, 0.3) is 0 Å². The van der Waals surface area contributed by atoms with E-state index in [1.807, 2.05) is 20.8 Å². The second-order valence-electron chi connectivity index (χ2n) is 5.83. The van der Waals surface area contributed by atoms with Crippen LogP contribution >= 0.6 is 0 Å². The van der Waals surface area contributed by atoms with Gasteiger partial charge in [-0.05, 0) is 25.7 Å². The molecule has 0 aromatic carbocycles. The molecule has 1 unspecified atom stereocenters. The Hall–Kier alpha value is -0.600. The van der Waals surface area contributed by atoms with Crippen LogP contribution in [0.2, 0.25) is 0 Å². The van der Waals surface area contributed by atoms with Gasteiger partial charge in [-0.1, -0.05) is 59.8 Å². The minimum absolute atomic E-state index is 0. The zero-order valence-corrected chi connectivity index (χ0v) is 13.5. The van der Waals surface area contributed by atoms with Crippen molar-refractivity contribution in [3.8, 4) is 0 Å². The van der Waals surface area contributed by atoms with E-state index in [2.05, 4.69) is 13.8 Å². The van der Waals surface area contributed by atoms with Crippen LogP contribution in [0.4, 0.5) is 4.70 Å². The summed E-state index contributed by atoms with van der Waals surface area (Å²) in [4.78, 5) is 11.7. The predicted molar refractivity (Wildman–Crippen MR) is 80.1 cm³/mol. The lowest BCUT2D eigenvalue weighted by Gasteiger charge is -2.29. The second-order valence-corrected chi connectivity index (χ2v) is 5.83. The van der Waals surface area contributed by atoms with Gasteiger partial charge >= 0.3 is 5.97 Å². The minimum atomic E-state index is -0.310. The predicted octanol–water partition coefficient (Wildman–Crippen LogP) is 5.11. The Balaban J connectivity index is 0. The van der Waals surface area contributed by atoms with Crippen molar-refractivity contribution >= 4 is 5.97 Å². The lowest BCUT2D eigenvalue weighted by Crippen LogP contribution is -2.34. The van der Waals surface area contributed by atoms with Crippen molar-refractivity contribution in [1.29, 1.82) is 0 Å². The molecule has 1 saturated carbocycles. The van der Waals surface area contributed by atoms with Gasteiger partial charge < -0.3 is 4.74 Å². The van der Waals surface area contributed by atoms with Crippen LogP contribution in [-0.4, -0.2) is 12.6 Å². The zero-order chi connectivity index (χ0) is 14.0. The van der Waals surface area contributed by atoms with Gasteiger partial charge in [0.25, 0.3) is 0 Å². The molecule has 19 heavy (non-hydrogen) atoms. The van der Waals surface area contributed by atoms with E-state index in [1.54, 1.807) is 0 Å². The molecule has 116 valence electrons. The quantitative estimate of drug-likeness (QED) is 0.652. The molecule has 0 radical (unpaired) electrons. The Morgan fingerprint density at radius 2 is 1.53 bits per heavy atom. The summed E-state index contributed by atoms with van der Waals surface area (Å²) in [6.07, 6.45) is 9.23. The third-order valence-electron chi connectivity index (χ3n) is 4.16. The topological polar surface area (TPSA) is 26.3 Å². The van der Waals surface area contributed by atoms with E-state index in [0.29, 0.717) is 12.5 Å². The van der Waals surface area contributed by atoms with E-state index < -0.39 is 0 Å². The lowest BCUT2D eigenvalue weighted by molar-refractivity contribution is -0.158. The van der Waals surface area contributed by atoms with Gasteiger partial charge in [-0.25, -0.2) is 0 Å². The van der Waals surface area contributed by atoms with Crippen LogP contribution in [0.15, 0.2) is 0 Å². The Morgan fingerprint density at radius 3 is 1.79 bits per heavy atom. The molecular weight excluding hydrogens is 243 g/mol. The highest BCUT2D eigenvalue weighted by atomic mass is 19.0. The summed E-state index contributed by atoms with van der Waals surface area (Å²) in [6, 6.07) is 0. The second kappa shape index (κ2) is 11.2. The maximum absolute atomic E-state index is 11.7. The standard InChI is InChI=1S/C11H22O2.C5H10.FH/c1-6-8-13-10(12)11(5,7-2)9(3)4;1-2-4-5-3-1;/h9H,6-8H2,1-5H3;1-5H2;1H. The van der Waals surface area contributed by atoms with Gasteiger partial charge in [0, 0.05) is 0 Å². The molecule has 0 heterocycles. The average molecular weight is 276 g/mol. The number of rotatable bonds is 5. The number of hydrogen-bond donors (Lipinski definition) is 0. The van der Waals surface area contributed by atoms with Gasteiger partial charge in [-0.3, -0.25) is 9.50 Å². The lowest BCUT2D eigenvalue weighted by atomic mass is 9.77. The van der Waals surface area contributed by atoms with E-state index in [9.17, 15) is 4.79 Å². The highest BCUT2D eigenvalue weighted by Crippen LogP contribution is 2.32. The molecule has 0 saturated heterocycles. The fourth-order valence-electron chi connectivity index (χ4n) is 2.03. The molecule has 0 aliphatic heterocycles. The molecule has 0 bridgehead atoms. The summed E-state index contributed by atoms with van der Waals surface area (Å²) in [6.45, 7) is 10.7. The third-order valence-corrected chi connectivity index (χ3v) is 4.16. The molecule has 2 nitrogen and oxygen atoms in total. The Bertz CT molecular complexity index is 217. The highest BCUT2D eigenvalue weighted by molar-refractivity contribution is 5.76. The fraction of sp³-hybridized carbons (Fsp3) is 0.938. The van der Waals surface area contributed by atoms with Crippen molar-refractivity contribution in [1.82, 2.24) is 0 Å². The van der Waals surface area contributed by atoms with Crippen LogP contribution in [0.1, 0.15) is 79.6 Å².